The summed E-state index contributed by atoms with van der Waals surface area (Å²) >= 11 is 5.17. The summed E-state index contributed by atoms with van der Waals surface area (Å²) in [4.78, 5) is 14.1. The van der Waals surface area contributed by atoms with Crippen molar-refractivity contribution in [1.29, 1.82) is 0 Å². The minimum absolute atomic E-state index is 0.293. The maximum Gasteiger partial charge on any atom is 0.223 e. The fraction of sp³-hybridized carbons (Fsp3) is 0.692. The zero-order chi connectivity index (χ0) is 13.8. The number of nitrogens with zero attached hydrogens (tertiary/aromatic N) is 3. The van der Waals surface area contributed by atoms with E-state index >= 15 is 0 Å². The Morgan fingerprint density at radius 1 is 1.58 bits per heavy atom. The Bertz CT molecular complexity index is 429. The van der Waals surface area contributed by atoms with Crippen molar-refractivity contribution in [1.82, 2.24) is 14.7 Å². The second-order valence-electron chi connectivity index (χ2n) is 5.00. The lowest BCUT2D eigenvalue weighted by Gasteiger charge is -2.32. The van der Waals surface area contributed by atoms with Crippen molar-refractivity contribution in [2.24, 2.45) is 0 Å². The average molecular weight is 346 g/mol. The normalized spacial score (nSPS) is 18.6. The number of likely N-dealkylation sites (tertiary alicyclic amines) is 1. The van der Waals surface area contributed by atoms with Gasteiger partial charge >= 0.3 is 0 Å². The Morgan fingerprint density at radius 3 is 2.79 bits per heavy atom. The zero-order valence-electron chi connectivity index (χ0n) is 11.4. The van der Waals surface area contributed by atoms with Crippen LogP contribution in [0.5, 0.6) is 0 Å². The van der Waals surface area contributed by atoms with Crippen LogP contribution in [0.3, 0.4) is 0 Å². The van der Waals surface area contributed by atoms with Crippen molar-refractivity contribution in [2.45, 2.75) is 37.5 Å². The average Bonchev–Trinajstić information content (AvgIpc) is 2.85. The van der Waals surface area contributed by atoms with Crippen molar-refractivity contribution in [3.8, 4) is 0 Å². The second kappa shape index (κ2) is 6.79. The predicted octanol–water partition coefficient (Wildman–Crippen LogP) is 2.95. The monoisotopic (exact) mass is 345 g/mol. The van der Waals surface area contributed by atoms with E-state index in [0.29, 0.717) is 23.6 Å². The topological polar surface area (TPSA) is 38.1 Å². The molecule has 4 nitrogen and oxygen atoms in total. The molecule has 1 aliphatic heterocycles. The Morgan fingerprint density at radius 2 is 2.26 bits per heavy atom. The van der Waals surface area contributed by atoms with Crippen LogP contribution in [0, 0.1) is 0 Å². The zero-order valence-corrected chi connectivity index (χ0v) is 13.8. The molecule has 1 aromatic rings. The molecule has 0 spiro atoms. The minimum atomic E-state index is 0.293. The molecule has 6 heteroatoms. The third-order valence-electron chi connectivity index (χ3n) is 3.63. The van der Waals surface area contributed by atoms with E-state index in [4.69, 9.17) is 0 Å². The van der Waals surface area contributed by atoms with Crippen molar-refractivity contribution < 1.29 is 4.79 Å². The summed E-state index contributed by atoms with van der Waals surface area (Å²) in [6, 6.07) is 0.424. The van der Waals surface area contributed by atoms with E-state index in [-0.39, 0.29) is 0 Å². The highest BCUT2D eigenvalue weighted by atomic mass is 79.9. The molecule has 0 unspecified atom stereocenters. The molecule has 1 amide bonds. The maximum absolute atomic E-state index is 12.1. The van der Waals surface area contributed by atoms with Gasteiger partial charge in [-0.3, -0.25) is 9.48 Å². The summed E-state index contributed by atoms with van der Waals surface area (Å²) in [5.74, 6) is 0.293. The highest BCUT2D eigenvalue weighted by Gasteiger charge is 2.24. The van der Waals surface area contributed by atoms with Crippen LogP contribution in [0.4, 0.5) is 0 Å². The Hall–Kier alpha value is -0.490. The van der Waals surface area contributed by atoms with Crippen molar-refractivity contribution in [3.05, 3.63) is 16.9 Å². The molecule has 0 bridgehead atoms. The van der Waals surface area contributed by atoms with Gasteiger partial charge in [-0.05, 0) is 35.0 Å². The fourth-order valence-corrected chi connectivity index (χ4v) is 2.96. The number of amides is 1. The van der Waals surface area contributed by atoms with E-state index < -0.39 is 0 Å². The van der Waals surface area contributed by atoms with E-state index in [9.17, 15) is 4.79 Å². The lowest BCUT2D eigenvalue weighted by atomic mass is 10.0. The van der Waals surface area contributed by atoms with E-state index in [0.717, 1.165) is 30.4 Å². The number of hydrogen-bond donors (Lipinski definition) is 0. The van der Waals surface area contributed by atoms with Gasteiger partial charge in [-0.15, -0.1) is 0 Å². The van der Waals surface area contributed by atoms with E-state index in [2.05, 4.69) is 34.2 Å². The van der Waals surface area contributed by atoms with Crippen LogP contribution in [0.25, 0.3) is 0 Å². The van der Waals surface area contributed by atoms with Gasteiger partial charge in [0.2, 0.25) is 5.91 Å². The minimum Gasteiger partial charge on any atom is -0.343 e. The maximum atomic E-state index is 12.1. The van der Waals surface area contributed by atoms with Gasteiger partial charge in [-0.1, -0.05) is 6.92 Å². The van der Waals surface area contributed by atoms with Gasteiger partial charge in [0.05, 0.1) is 16.7 Å². The van der Waals surface area contributed by atoms with Gasteiger partial charge in [0.25, 0.3) is 0 Å². The SMILES string of the molecule is CS[C@@H](C)CC(=O)N1CCC(n2cc(Br)cn2)CC1. The second-order valence-corrected chi connectivity index (χ2v) is 7.19. The molecule has 2 heterocycles. The number of hydrogen-bond acceptors (Lipinski definition) is 3. The standard InChI is InChI=1S/C13H20BrN3OS/c1-10(19-2)7-13(18)16-5-3-12(4-6-16)17-9-11(14)8-15-17/h8-10,12H,3-7H2,1-2H3/t10-/m0/s1. The first-order chi connectivity index (χ1) is 9.10. The highest BCUT2D eigenvalue weighted by molar-refractivity contribution is 9.10. The molecule has 0 aromatic carbocycles. The summed E-state index contributed by atoms with van der Waals surface area (Å²) in [5, 5.41) is 4.74. The van der Waals surface area contributed by atoms with Crippen LogP contribution in [0.1, 0.15) is 32.2 Å². The van der Waals surface area contributed by atoms with Crippen molar-refractivity contribution >= 4 is 33.6 Å². The van der Waals surface area contributed by atoms with E-state index in [1.165, 1.54) is 0 Å². The molecule has 0 aliphatic carbocycles. The molecule has 1 aromatic heterocycles. The number of aromatic nitrogens is 2. The van der Waals surface area contributed by atoms with Gasteiger partial charge in [0.15, 0.2) is 0 Å². The van der Waals surface area contributed by atoms with E-state index in [1.54, 1.807) is 11.8 Å². The number of halogens is 1. The summed E-state index contributed by atoms with van der Waals surface area (Å²) in [6.45, 7) is 3.81. The van der Waals surface area contributed by atoms with Gasteiger partial charge in [0.1, 0.15) is 0 Å². The summed E-state index contributed by atoms with van der Waals surface area (Å²) in [5.41, 5.74) is 0. The Labute approximate surface area is 127 Å². The first-order valence-corrected chi connectivity index (χ1v) is 8.68. The number of piperidine rings is 1. The van der Waals surface area contributed by atoms with Crippen molar-refractivity contribution in [3.63, 3.8) is 0 Å². The lowest BCUT2D eigenvalue weighted by Crippen LogP contribution is -2.39. The molecule has 106 valence electrons. The first kappa shape index (κ1) is 14.9. The summed E-state index contributed by atoms with van der Waals surface area (Å²) < 4.78 is 3.02. The molecule has 0 radical (unpaired) electrons. The molecule has 0 N–H and O–H groups in total. The molecular weight excluding hydrogens is 326 g/mol. The number of carbonyl (C=O) groups excluding carboxylic acids is 1. The molecule has 1 atom stereocenters. The van der Waals surface area contributed by atoms with Gasteiger partial charge in [-0.25, -0.2) is 0 Å². The van der Waals surface area contributed by atoms with Gasteiger partial charge in [0, 0.05) is 31.0 Å². The highest BCUT2D eigenvalue weighted by Crippen LogP contribution is 2.24. The van der Waals surface area contributed by atoms with Crippen LogP contribution >= 0.6 is 27.7 Å². The van der Waals surface area contributed by atoms with Crippen LogP contribution in [0.15, 0.2) is 16.9 Å². The molecule has 1 aliphatic rings. The van der Waals surface area contributed by atoms with Gasteiger partial charge in [-0.2, -0.15) is 16.9 Å². The van der Waals surface area contributed by atoms with Crippen LogP contribution in [-0.4, -0.2) is 45.2 Å². The van der Waals surface area contributed by atoms with Crippen LogP contribution in [-0.2, 0) is 4.79 Å². The number of rotatable bonds is 4. The Kier molecular flexibility index (Phi) is 5.33. The number of thioether (sulfide) groups is 1. The van der Waals surface area contributed by atoms with Gasteiger partial charge < -0.3 is 4.90 Å². The molecule has 0 saturated carbocycles. The molecular formula is C13H20BrN3OS. The molecule has 1 fully saturated rings. The summed E-state index contributed by atoms with van der Waals surface area (Å²) in [6.07, 6.45) is 8.52. The molecule has 19 heavy (non-hydrogen) atoms. The predicted molar refractivity (Wildman–Crippen MR) is 82.4 cm³/mol. The first-order valence-electron chi connectivity index (χ1n) is 6.60. The van der Waals surface area contributed by atoms with Crippen LogP contribution < -0.4 is 0 Å². The Balaban J connectivity index is 1.83. The largest absolute Gasteiger partial charge is 0.343 e. The summed E-state index contributed by atoms with van der Waals surface area (Å²) in [7, 11) is 0. The van der Waals surface area contributed by atoms with E-state index in [1.807, 2.05) is 22.0 Å². The third-order valence-corrected chi connectivity index (χ3v) is 5.01. The van der Waals surface area contributed by atoms with Crippen molar-refractivity contribution in [2.75, 3.05) is 19.3 Å². The molecule has 1 saturated heterocycles. The smallest absolute Gasteiger partial charge is 0.223 e. The third kappa shape index (κ3) is 3.99. The molecule has 2 rings (SSSR count). The quantitative estimate of drug-likeness (QED) is 0.841. The van der Waals surface area contributed by atoms with Crippen LogP contribution in [0.2, 0.25) is 0 Å². The lowest BCUT2D eigenvalue weighted by molar-refractivity contribution is -0.132. The fourth-order valence-electron chi connectivity index (χ4n) is 2.35. The number of carbonyl (C=O) groups is 1.